The maximum Gasteiger partial charge on any atom is 0.271 e. The summed E-state index contributed by atoms with van der Waals surface area (Å²) in [5.41, 5.74) is 9.14. The summed E-state index contributed by atoms with van der Waals surface area (Å²) in [6.07, 6.45) is 3.12. The quantitative estimate of drug-likeness (QED) is 0.466. The highest BCUT2D eigenvalue weighted by Crippen LogP contribution is 2.30. The van der Waals surface area contributed by atoms with Crippen LogP contribution in [-0.4, -0.2) is 25.5 Å². The Kier molecular flexibility index (Phi) is 5.38. The molecule has 0 spiro atoms. The molecular weight excluding hydrogens is 437 g/mol. The van der Waals surface area contributed by atoms with Crippen LogP contribution < -0.4 is 11.1 Å². The highest BCUT2D eigenvalue weighted by Gasteiger charge is 2.18. The molecule has 2 heterocycles. The van der Waals surface area contributed by atoms with Crippen LogP contribution in [0.1, 0.15) is 21.7 Å². The molecule has 4 rings (SSSR count). The summed E-state index contributed by atoms with van der Waals surface area (Å²) >= 11 is 12.5. The molecule has 0 atom stereocenters. The Balaban J connectivity index is 1.66. The van der Waals surface area contributed by atoms with Gasteiger partial charge in [0.05, 0.1) is 45.1 Å². The van der Waals surface area contributed by atoms with Crippen molar-refractivity contribution in [2.45, 2.75) is 6.92 Å². The maximum absolute atomic E-state index is 11.9. The van der Waals surface area contributed by atoms with Gasteiger partial charge in [0.25, 0.3) is 5.91 Å². The van der Waals surface area contributed by atoms with Crippen molar-refractivity contribution >= 4 is 40.5 Å². The summed E-state index contributed by atoms with van der Waals surface area (Å²) in [4.78, 5) is 11.9. The molecule has 0 unspecified atom stereocenters. The van der Waals surface area contributed by atoms with Crippen molar-refractivity contribution in [1.82, 2.24) is 19.6 Å². The molecule has 2 aromatic heterocycles. The van der Waals surface area contributed by atoms with Gasteiger partial charge in [-0.2, -0.15) is 15.5 Å². The van der Waals surface area contributed by atoms with Crippen LogP contribution in [0.4, 0.5) is 11.4 Å². The van der Waals surface area contributed by atoms with Gasteiger partial charge >= 0.3 is 0 Å². The van der Waals surface area contributed by atoms with Crippen LogP contribution in [0, 0.1) is 18.3 Å². The number of nitriles is 1. The summed E-state index contributed by atoms with van der Waals surface area (Å²) in [6.45, 7) is 1.82. The predicted molar refractivity (Wildman–Crippen MR) is 118 cm³/mol. The average molecular weight is 452 g/mol. The van der Waals surface area contributed by atoms with Gasteiger partial charge in [0.15, 0.2) is 5.69 Å². The molecule has 154 valence electrons. The number of carbonyl (C=O) groups is 1. The largest absolute Gasteiger partial charge is 0.364 e. The van der Waals surface area contributed by atoms with Crippen molar-refractivity contribution in [2.24, 2.45) is 5.73 Å². The number of para-hydroxylation sites is 1. The van der Waals surface area contributed by atoms with E-state index in [0.717, 1.165) is 11.4 Å². The molecule has 3 N–H and O–H groups in total. The molecule has 1 amide bonds. The minimum absolute atomic E-state index is 0.0432. The third-order valence-corrected chi connectivity index (χ3v) is 5.25. The van der Waals surface area contributed by atoms with E-state index in [1.807, 2.05) is 31.2 Å². The monoisotopic (exact) mass is 451 g/mol. The lowest BCUT2D eigenvalue weighted by atomic mass is 10.2. The van der Waals surface area contributed by atoms with Gasteiger partial charge in [-0.15, -0.1) is 0 Å². The molecule has 0 saturated heterocycles. The molecule has 0 aliphatic heterocycles. The third kappa shape index (κ3) is 3.84. The lowest BCUT2D eigenvalue weighted by molar-refractivity contribution is 0.0996. The summed E-state index contributed by atoms with van der Waals surface area (Å²) in [6, 6.07) is 14.5. The van der Waals surface area contributed by atoms with E-state index in [4.69, 9.17) is 34.2 Å². The van der Waals surface area contributed by atoms with Gasteiger partial charge in [-0.25, -0.2) is 9.36 Å². The number of rotatable bonds is 5. The smallest absolute Gasteiger partial charge is 0.271 e. The number of anilines is 2. The second-order valence-corrected chi connectivity index (χ2v) is 7.42. The number of hydrogen-bond donors (Lipinski definition) is 2. The first-order valence-electron chi connectivity index (χ1n) is 9.05. The highest BCUT2D eigenvalue weighted by atomic mass is 35.5. The van der Waals surface area contributed by atoms with Gasteiger partial charge in [-0.05, 0) is 43.3 Å². The van der Waals surface area contributed by atoms with Gasteiger partial charge in [0.1, 0.15) is 11.8 Å². The number of hydrogen-bond acceptors (Lipinski definition) is 5. The molecule has 0 saturated carbocycles. The van der Waals surface area contributed by atoms with Gasteiger partial charge < -0.3 is 11.1 Å². The van der Waals surface area contributed by atoms with Crippen LogP contribution in [0.25, 0.3) is 11.4 Å². The number of amides is 1. The van der Waals surface area contributed by atoms with Gasteiger partial charge in [-0.1, -0.05) is 29.3 Å². The topological polar surface area (TPSA) is 115 Å². The predicted octanol–water partition coefficient (Wildman–Crippen LogP) is 4.39. The molecule has 0 radical (unpaired) electrons. The first-order chi connectivity index (χ1) is 14.9. The highest BCUT2D eigenvalue weighted by molar-refractivity contribution is 6.37. The molecule has 0 fully saturated rings. The Hall–Kier alpha value is -3.80. The van der Waals surface area contributed by atoms with Crippen molar-refractivity contribution in [3.8, 4) is 17.4 Å². The average Bonchev–Trinajstić information content (AvgIpc) is 3.32. The third-order valence-electron chi connectivity index (χ3n) is 4.64. The van der Waals surface area contributed by atoms with Crippen molar-refractivity contribution < 1.29 is 4.79 Å². The van der Waals surface area contributed by atoms with E-state index in [2.05, 4.69) is 21.6 Å². The van der Waals surface area contributed by atoms with Crippen LogP contribution in [-0.2, 0) is 0 Å². The number of nitrogens with two attached hydrogens (primary N) is 1. The summed E-state index contributed by atoms with van der Waals surface area (Å²) < 4.78 is 3.09. The summed E-state index contributed by atoms with van der Waals surface area (Å²) in [5.74, 6) is -0.697. The van der Waals surface area contributed by atoms with Crippen LogP contribution in [0.15, 0.2) is 54.9 Å². The fraction of sp³-hybridized carbons (Fsp3) is 0.0476. The molecule has 2 aromatic carbocycles. The Labute approximate surface area is 187 Å². The van der Waals surface area contributed by atoms with E-state index in [-0.39, 0.29) is 5.69 Å². The van der Waals surface area contributed by atoms with E-state index in [9.17, 15) is 4.79 Å². The van der Waals surface area contributed by atoms with Crippen molar-refractivity contribution in [3.05, 3.63) is 81.9 Å². The fourth-order valence-electron chi connectivity index (χ4n) is 3.09. The van der Waals surface area contributed by atoms with Crippen molar-refractivity contribution in [3.63, 3.8) is 0 Å². The zero-order valence-corrected chi connectivity index (χ0v) is 17.7. The van der Waals surface area contributed by atoms with Crippen molar-refractivity contribution in [1.29, 1.82) is 5.26 Å². The number of carbonyl (C=O) groups excluding carboxylic acids is 1. The minimum atomic E-state index is -0.697. The number of aromatic nitrogens is 4. The first kappa shape index (κ1) is 20.5. The lowest BCUT2D eigenvalue weighted by Crippen LogP contribution is -2.14. The number of halogens is 2. The van der Waals surface area contributed by atoms with E-state index in [1.54, 1.807) is 29.1 Å². The minimum Gasteiger partial charge on any atom is -0.364 e. The second-order valence-electron chi connectivity index (χ2n) is 6.61. The molecule has 0 bridgehead atoms. The molecule has 4 aromatic rings. The van der Waals surface area contributed by atoms with Crippen LogP contribution in [0.2, 0.25) is 10.0 Å². The fourth-order valence-corrected chi connectivity index (χ4v) is 3.66. The lowest BCUT2D eigenvalue weighted by Gasteiger charge is -2.08. The Morgan fingerprint density at radius 1 is 1.16 bits per heavy atom. The van der Waals surface area contributed by atoms with Gasteiger partial charge in [0, 0.05) is 5.69 Å². The number of nitrogens with zero attached hydrogens (tertiary/aromatic N) is 5. The van der Waals surface area contributed by atoms with Crippen LogP contribution in [0.3, 0.4) is 0 Å². The number of benzene rings is 2. The summed E-state index contributed by atoms with van der Waals surface area (Å²) in [7, 11) is 0. The SMILES string of the molecule is Cc1c(C#N)cnn1-c1ccc(Nc2cn(-c3c(Cl)cccc3Cl)nc2C(N)=O)cc1. The molecule has 0 aliphatic carbocycles. The van der Waals surface area contributed by atoms with Gasteiger partial charge in [0.2, 0.25) is 0 Å². The van der Waals surface area contributed by atoms with E-state index in [0.29, 0.717) is 32.7 Å². The second kappa shape index (κ2) is 8.14. The molecule has 8 nitrogen and oxygen atoms in total. The maximum atomic E-state index is 11.9. The standard InChI is InChI=1S/C21H15Cl2N7O/c1-12-13(9-24)10-26-30(12)15-7-5-14(6-8-15)27-18-11-29(28-19(18)21(25)31)20-16(22)3-2-4-17(20)23/h2-8,10-11,27H,1H3,(H2,25,31). The zero-order chi connectivity index (χ0) is 22.1. The molecule has 10 heteroatoms. The first-order valence-corrected chi connectivity index (χ1v) is 9.80. The summed E-state index contributed by atoms with van der Waals surface area (Å²) in [5, 5.41) is 21.5. The van der Waals surface area contributed by atoms with E-state index in [1.165, 1.54) is 10.9 Å². The van der Waals surface area contributed by atoms with Crippen LogP contribution in [0.5, 0.6) is 0 Å². The van der Waals surface area contributed by atoms with Gasteiger partial charge in [-0.3, -0.25) is 4.79 Å². The number of primary amides is 1. The zero-order valence-electron chi connectivity index (χ0n) is 16.2. The van der Waals surface area contributed by atoms with Crippen molar-refractivity contribution in [2.75, 3.05) is 5.32 Å². The normalized spacial score (nSPS) is 10.6. The van der Waals surface area contributed by atoms with E-state index < -0.39 is 5.91 Å². The Bertz CT molecular complexity index is 1310. The molecular formula is C21H15Cl2N7O. The Morgan fingerprint density at radius 3 is 2.42 bits per heavy atom. The Morgan fingerprint density at radius 2 is 1.84 bits per heavy atom. The molecule has 31 heavy (non-hydrogen) atoms. The molecule has 0 aliphatic rings. The number of nitrogens with one attached hydrogen (secondary N) is 1. The van der Waals surface area contributed by atoms with E-state index >= 15 is 0 Å². The van der Waals surface area contributed by atoms with Crippen LogP contribution >= 0.6 is 23.2 Å².